The summed E-state index contributed by atoms with van der Waals surface area (Å²) in [5.74, 6) is 6.50. The molecule has 1 aromatic carbocycles. The number of nitrogens with one attached hydrogen (secondary N) is 1. The molecule has 1 amide bonds. The van der Waals surface area contributed by atoms with E-state index in [0.717, 1.165) is 24.6 Å². The van der Waals surface area contributed by atoms with Crippen molar-refractivity contribution in [1.29, 1.82) is 0 Å². The van der Waals surface area contributed by atoms with Crippen LogP contribution in [0.1, 0.15) is 24.6 Å². The van der Waals surface area contributed by atoms with Crippen molar-refractivity contribution in [1.82, 2.24) is 14.9 Å². The molecule has 0 bridgehead atoms. The fourth-order valence-corrected chi connectivity index (χ4v) is 2.76. The van der Waals surface area contributed by atoms with Gasteiger partial charge < -0.3 is 15.9 Å². The number of nitrogens with two attached hydrogens (primary N) is 1. The van der Waals surface area contributed by atoms with Gasteiger partial charge in [0.05, 0.1) is 11.4 Å². The number of hydrogen-bond donors (Lipinski definition) is 2. The molecule has 0 atom stereocenters. The van der Waals surface area contributed by atoms with Crippen molar-refractivity contribution in [3.05, 3.63) is 30.1 Å². The number of hydrogen-bond acceptors (Lipinski definition) is 6. The largest absolute Gasteiger partial charge is 0.433 e. The Morgan fingerprint density at radius 1 is 1.42 bits per heavy atom. The van der Waals surface area contributed by atoms with Gasteiger partial charge in [-0.1, -0.05) is 23.9 Å². The summed E-state index contributed by atoms with van der Waals surface area (Å²) in [5, 5.41) is 10.9. The van der Waals surface area contributed by atoms with Crippen molar-refractivity contribution in [3.8, 4) is 5.75 Å². The van der Waals surface area contributed by atoms with Crippen LogP contribution < -0.4 is 15.9 Å². The van der Waals surface area contributed by atoms with Crippen LogP contribution in [0.4, 0.5) is 14.5 Å². The molecule has 2 aromatic rings. The molecular weight excluding hydrogens is 340 g/mol. The molecule has 10 heteroatoms. The summed E-state index contributed by atoms with van der Waals surface area (Å²) < 4.78 is 30.5. The highest BCUT2D eigenvalue weighted by atomic mass is 32.2. The highest BCUT2D eigenvalue weighted by Gasteiger charge is 2.30. The van der Waals surface area contributed by atoms with Gasteiger partial charge in [-0.2, -0.15) is 8.78 Å². The highest BCUT2D eigenvalue weighted by molar-refractivity contribution is 7.99. The van der Waals surface area contributed by atoms with Crippen molar-refractivity contribution >= 4 is 23.4 Å². The average molecular weight is 355 g/mol. The maximum absolute atomic E-state index is 12.4. The van der Waals surface area contributed by atoms with Crippen LogP contribution >= 0.6 is 11.8 Å². The predicted molar refractivity (Wildman–Crippen MR) is 84.6 cm³/mol. The molecule has 0 saturated heterocycles. The van der Waals surface area contributed by atoms with Gasteiger partial charge in [0.25, 0.3) is 0 Å². The van der Waals surface area contributed by atoms with E-state index in [1.807, 2.05) is 0 Å². The van der Waals surface area contributed by atoms with Gasteiger partial charge >= 0.3 is 6.61 Å². The standard InChI is InChI=1S/C14H15F2N5O2S/c15-13(16)23-10-4-2-1-3-9(10)18-11(22)7-24-14-20-19-12(21(14)17)8-5-6-8/h1-4,8,13H,5-7,17H2,(H,18,22). The van der Waals surface area contributed by atoms with Crippen LogP contribution in [0, 0.1) is 0 Å². The number of para-hydroxylation sites is 2. The summed E-state index contributed by atoms with van der Waals surface area (Å²) in [4.78, 5) is 12.0. The molecule has 1 fully saturated rings. The number of nitrogen functional groups attached to an aromatic ring is 1. The number of anilines is 1. The number of rotatable bonds is 7. The number of benzene rings is 1. The van der Waals surface area contributed by atoms with Gasteiger partial charge in [-0.3, -0.25) is 4.79 Å². The van der Waals surface area contributed by atoms with Crippen molar-refractivity contribution in [2.24, 2.45) is 0 Å². The molecule has 0 unspecified atom stereocenters. The Balaban J connectivity index is 1.58. The lowest BCUT2D eigenvalue weighted by Crippen LogP contribution is -2.17. The number of aromatic nitrogens is 3. The lowest BCUT2D eigenvalue weighted by Gasteiger charge is -2.11. The topological polar surface area (TPSA) is 95.1 Å². The van der Waals surface area contributed by atoms with E-state index in [2.05, 4.69) is 20.3 Å². The molecule has 3 rings (SSSR count). The summed E-state index contributed by atoms with van der Waals surface area (Å²) in [6.45, 7) is -2.96. The van der Waals surface area contributed by atoms with E-state index in [1.54, 1.807) is 12.1 Å². The van der Waals surface area contributed by atoms with Gasteiger partial charge in [0.1, 0.15) is 5.75 Å². The molecule has 128 valence electrons. The lowest BCUT2D eigenvalue weighted by molar-refractivity contribution is -0.113. The van der Waals surface area contributed by atoms with Crippen LogP contribution in [0.15, 0.2) is 29.4 Å². The SMILES string of the molecule is Nn1c(SCC(=O)Nc2ccccc2OC(F)F)nnc1C1CC1. The fourth-order valence-electron chi connectivity index (χ4n) is 2.09. The number of amides is 1. The number of carbonyl (C=O) groups is 1. The van der Waals surface area contributed by atoms with Crippen LogP contribution in [-0.2, 0) is 4.79 Å². The van der Waals surface area contributed by atoms with Crippen LogP contribution in [-0.4, -0.2) is 33.1 Å². The predicted octanol–water partition coefficient (Wildman–Crippen LogP) is 2.20. The van der Waals surface area contributed by atoms with Crippen LogP contribution in [0.25, 0.3) is 0 Å². The third-order valence-electron chi connectivity index (χ3n) is 3.34. The first kappa shape index (κ1) is 16.5. The number of nitrogens with zero attached hydrogens (tertiary/aromatic N) is 3. The zero-order chi connectivity index (χ0) is 17.1. The van der Waals surface area contributed by atoms with E-state index in [0.29, 0.717) is 16.9 Å². The smallest absolute Gasteiger partial charge is 0.387 e. The Bertz CT molecular complexity index is 736. The van der Waals surface area contributed by atoms with Gasteiger partial charge in [0.2, 0.25) is 11.1 Å². The molecule has 24 heavy (non-hydrogen) atoms. The van der Waals surface area contributed by atoms with Gasteiger partial charge in [-0.05, 0) is 25.0 Å². The first-order valence-corrected chi connectivity index (χ1v) is 8.20. The van der Waals surface area contributed by atoms with E-state index in [4.69, 9.17) is 5.84 Å². The van der Waals surface area contributed by atoms with E-state index >= 15 is 0 Å². The van der Waals surface area contributed by atoms with Gasteiger partial charge in [-0.25, -0.2) is 4.68 Å². The molecule has 0 aliphatic heterocycles. The van der Waals surface area contributed by atoms with Crippen LogP contribution in [0.5, 0.6) is 5.75 Å². The Kier molecular flexibility index (Phi) is 4.84. The summed E-state index contributed by atoms with van der Waals surface area (Å²) in [7, 11) is 0. The Morgan fingerprint density at radius 3 is 2.88 bits per heavy atom. The van der Waals surface area contributed by atoms with Crippen LogP contribution in [0.2, 0.25) is 0 Å². The molecule has 0 spiro atoms. The van der Waals surface area contributed by atoms with E-state index in [-0.39, 0.29) is 23.1 Å². The molecular formula is C14H15F2N5O2S. The second-order valence-electron chi connectivity index (χ2n) is 5.20. The lowest BCUT2D eigenvalue weighted by atomic mass is 10.3. The quantitative estimate of drug-likeness (QED) is 0.584. The summed E-state index contributed by atoms with van der Waals surface area (Å²) in [6, 6.07) is 5.99. The molecule has 0 radical (unpaired) electrons. The minimum absolute atomic E-state index is 0.0169. The Labute approximate surface area is 140 Å². The minimum Gasteiger partial charge on any atom is -0.433 e. The van der Waals surface area contributed by atoms with Crippen molar-refractivity contribution in [3.63, 3.8) is 0 Å². The number of ether oxygens (including phenoxy) is 1. The zero-order valence-corrected chi connectivity index (χ0v) is 13.3. The first-order valence-electron chi connectivity index (χ1n) is 7.21. The van der Waals surface area contributed by atoms with E-state index in [9.17, 15) is 13.6 Å². The molecule has 1 saturated carbocycles. The fraction of sp³-hybridized carbons (Fsp3) is 0.357. The van der Waals surface area contributed by atoms with E-state index in [1.165, 1.54) is 16.8 Å². The van der Waals surface area contributed by atoms with Crippen molar-refractivity contribution in [2.75, 3.05) is 16.9 Å². The number of carbonyl (C=O) groups excluding carboxylic acids is 1. The number of halogens is 2. The van der Waals surface area contributed by atoms with E-state index < -0.39 is 6.61 Å². The molecule has 1 aromatic heterocycles. The third-order valence-corrected chi connectivity index (χ3v) is 4.29. The maximum Gasteiger partial charge on any atom is 0.387 e. The molecule has 1 aliphatic rings. The second kappa shape index (κ2) is 7.04. The van der Waals surface area contributed by atoms with Gasteiger partial charge in [0.15, 0.2) is 5.82 Å². The monoisotopic (exact) mass is 355 g/mol. The second-order valence-corrected chi connectivity index (χ2v) is 6.14. The van der Waals surface area contributed by atoms with Crippen LogP contribution in [0.3, 0.4) is 0 Å². The zero-order valence-electron chi connectivity index (χ0n) is 12.5. The first-order chi connectivity index (χ1) is 11.5. The average Bonchev–Trinajstić information content (AvgIpc) is 3.31. The highest BCUT2D eigenvalue weighted by Crippen LogP contribution is 2.39. The molecule has 3 N–H and O–H groups in total. The summed E-state index contributed by atoms with van der Waals surface area (Å²) in [5.41, 5.74) is 0.177. The normalized spacial score (nSPS) is 14.0. The summed E-state index contributed by atoms with van der Waals surface area (Å²) >= 11 is 1.12. The summed E-state index contributed by atoms with van der Waals surface area (Å²) in [6.07, 6.45) is 2.09. The van der Waals surface area contributed by atoms with Gasteiger partial charge in [0, 0.05) is 5.92 Å². The maximum atomic E-state index is 12.4. The number of thioether (sulfide) groups is 1. The molecule has 1 aliphatic carbocycles. The van der Waals surface area contributed by atoms with Crippen molar-refractivity contribution < 1.29 is 18.3 Å². The van der Waals surface area contributed by atoms with Crippen molar-refractivity contribution in [2.45, 2.75) is 30.5 Å². The third kappa shape index (κ3) is 3.94. The molecule has 7 nitrogen and oxygen atoms in total. The Hall–Kier alpha value is -2.36. The van der Waals surface area contributed by atoms with Gasteiger partial charge in [-0.15, -0.1) is 10.2 Å². The molecule has 1 heterocycles. The minimum atomic E-state index is -2.96. The Morgan fingerprint density at radius 2 is 2.17 bits per heavy atom. The number of alkyl halides is 2.